The number of rotatable bonds is 4. The van der Waals surface area contributed by atoms with Crippen LogP contribution in [0, 0.1) is 5.92 Å². The zero-order valence-corrected chi connectivity index (χ0v) is 13.0. The van der Waals surface area contributed by atoms with Gasteiger partial charge in [-0.25, -0.2) is 4.98 Å². The lowest BCUT2D eigenvalue weighted by Gasteiger charge is -2.18. The zero-order valence-electron chi connectivity index (χ0n) is 11.5. The van der Waals surface area contributed by atoms with Gasteiger partial charge < -0.3 is 10.0 Å². The summed E-state index contributed by atoms with van der Waals surface area (Å²) in [5, 5.41) is 10.5. The summed E-state index contributed by atoms with van der Waals surface area (Å²) in [7, 11) is 0. The van der Waals surface area contributed by atoms with Crippen molar-refractivity contribution in [3.63, 3.8) is 0 Å². The molecule has 1 saturated heterocycles. The lowest BCUT2D eigenvalue weighted by atomic mass is 10.1. The Kier molecular flexibility index (Phi) is 4.10. The summed E-state index contributed by atoms with van der Waals surface area (Å²) in [6, 6.07) is 2.19. The van der Waals surface area contributed by atoms with E-state index >= 15 is 0 Å². The molecule has 1 fully saturated rings. The highest BCUT2D eigenvalue weighted by atomic mass is 35.5. The maximum atomic E-state index is 9.07. The maximum absolute atomic E-state index is 9.07. The van der Waals surface area contributed by atoms with Crippen LogP contribution in [0.3, 0.4) is 0 Å². The first-order valence-electron chi connectivity index (χ1n) is 7.03. The van der Waals surface area contributed by atoms with E-state index in [1.54, 1.807) is 11.3 Å². The molecule has 1 unspecified atom stereocenters. The Bertz CT molecular complexity index is 616. The van der Waals surface area contributed by atoms with E-state index in [-0.39, 0.29) is 6.61 Å². The third-order valence-corrected chi connectivity index (χ3v) is 5.21. The number of aliphatic hydroxyl groups is 1. The molecule has 0 aliphatic carbocycles. The molecule has 0 aromatic carbocycles. The quantitative estimate of drug-likeness (QED) is 0.881. The molecule has 2 aromatic rings. The fourth-order valence-corrected chi connectivity index (χ4v) is 3.97. The number of anilines is 1. The minimum atomic E-state index is 0.261. The van der Waals surface area contributed by atoms with Crippen molar-refractivity contribution >= 4 is 39.0 Å². The van der Waals surface area contributed by atoms with Gasteiger partial charge >= 0.3 is 0 Å². The van der Waals surface area contributed by atoms with Crippen LogP contribution in [0.5, 0.6) is 0 Å². The van der Waals surface area contributed by atoms with Gasteiger partial charge in [0.2, 0.25) is 5.28 Å². The molecule has 6 heteroatoms. The molecule has 0 amide bonds. The molecule has 1 N–H and O–H groups in total. The van der Waals surface area contributed by atoms with E-state index < -0.39 is 0 Å². The summed E-state index contributed by atoms with van der Waals surface area (Å²) in [6.45, 7) is 4.33. The standard InChI is InChI=1S/C14H18ClN3OS/c1-2-10-7-11-12(16-14(15)17-13(11)20-10)18-5-3-9(8-18)4-6-19/h7,9,19H,2-6,8H2,1H3. The predicted molar refractivity (Wildman–Crippen MR) is 83.8 cm³/mol. The highest BCUT2D eigenvalue weighted by Gasteiger charge is 2.25. The molecule has 20 heavy (non-hydrogen) atoms. The van der Waals surface area contributed by atoms with Crippen LogP contribution in [0.2, 0.25) is 5.28 Å². The molecule has 0 spiro atoms. The third kappa shape index (κ3) is 2.62. The normalized spacial score (nSPS) is 19.1. The summed E-state index contributed by atoms with van der Waals surface area (Å²) in [5.74, 6) is 1.50. The summed E-state index contributed by atoms with van der Waals surface area (Å²) in [4.78, 5) is 13.4. The van der Waals surface area contributed by atoms with Crippen molar-refractivity contribution in [3.05, 3.63) is 16.2 Å². The van der Waals surface area contributed by atoms with Crippen molar-refractivity contribution < 1.29 is 5.11 Å². The van der Waals surface area contributed by atoms with Crippen molar-refractivity contribution in [2.45, 2.75) is 26.2 Å². The Morgan fingerprint density at radius 3 is 3.10 bits per heavy atom. The van der Waals surface area contributed by atoms with E-state index in [0.29, 0.717) is 11.2 Å². The number of hydrogen-bond acceptors (Lipinski definition) is 5. The van der Waals surface area contributed by atoms with Crippen LogP contribution < -0.4 is 4.90 Å². The highest BCUT2D eigenvalue weighted by molar-refractivity contribution is 7.18. The Balaban J connectivity index is 1.96. The minimum Gasteiger partial charge on any atom is -0.396 e. The second-order valence-corrected chi connectivity index (χ2v) is 6.67. The predicted octanol–water partition coefficient (Wildman–Crippen LogP) is 3.12. The summed E-state index contributed by atoms with van der Waals surface area (Å²) in [5.41, 5.74) is 0. The summed E-state index contributed by atoms with van der Waals surface area (Å²) < 4.78 is 0. The van der Waals surface area contributed by atoms with Crippen LogP contribution in [0.4, 0.5) is 5.82 Å². The van der Waals surface area contributed by atoms with Gasteiger partial charge in [-0.05, 0) is 42.8 Å². The van der Waals surface area contributed by atoms with E-state index in [0.717, 1.165) is 48.4 Å². The fraction of sp³-hybridized carbons (Fsp3) is 0.571. The first kappa shape index (κ1) is 14.0. The molecule has 2 aromatic heterocycles. The van der Waals surface area contributed by atoms with Gasteiger partial charge in [0.1, 0.15) is 10.6 Å². The molecule has 0 saturated carbocycles. The Hall–Kier alpha value is -0.910. The van der Waals surface area contributed by atoms with E-state index in [4.69, 9.17) is 16.7 Å². The molecular formula is C14H18ClN3OS. The third-order valence-electron chi connectivity index (χ3n) is 3.87. The van der Waals surface area contributed by atoms with Gasteiger partial charge in [-0.15, -0.1) is 11.3 Å². The molecule has 4 nitrogen and oxygen atoms in total. The van der Waals surface area contributed by atoms with Crippen molar-refractivity contribution in [1.82, 2.24) is 9.97 Å². The van der Waals surface area contributed by atoms with Crippen LogP contribution in [-0.4, -0.2) is 34.8 Å². The fourth-order valence-electron chi connectivity index (χ4n) is 2.79. The first-order chi connectivity index (χ1) is 9.71. The maximum Gasteiger partial charge on any atom is 0.225 e. The number of aromatic nitrogens is 2. The van der Waals surface area contributed by atoms with Crippen LogP contribution in [0.25, 0.3) is 10.2 Å². The molecule has 1 aliphatic heterocycles. The first-order valence-corrected chi connectivity index (χ1v) is 8.22. The number of hydrogen-bond donors (Lipinski definition) is 1. The van der Waals surface area contributed by atoms with Gasteiger partial charge in [0, 0.05) is 24.6 Å². The van der Waals surface area contributed by atoms with Crippen LogP contribution >= 0.6 is 22.9 Å². The Labute approximate surface area is 127 Å². The summed E-state index contributed by atoms with van der Waals surface area (Å²) >= 11 is 7.76. The summed E-state index contributed by atoms with van der Waals surface area (Å²) in [6.07, 6.45) is 2.97. The SMILES string of the molecule is CCc1cc2c(N3CCC(CCO)C3)nc(Cl)nc2s1. The smallest absolute Gasteiger partial charge is 0.225 e. The molecule has 108 valence electrons. The Morgan fingerprint density at radius 2 is 2.35 bits per heavy atom. The molecule has 3 rings (SSSR count). The van der Waals surface area contributed by atoms with Gasteiger partial charge in [-0.2, -0.15) is 4.98 Å². The monoisotopic (exact) mass is 311 g/mol. The number of aliphatic hydroxyl groups excluding tert-OH is 1. The number of aryl methyl sites for hydroxylation is 1. The molecule has 1 aliphatic rings. The van der Waals surface area contributed by atoms with E-state index in [1.165, 1.54) is 4.88 Å². The number of fused-ring (bicyclic) bond motifs is 1. The lowest BCUT2D eigenvalue weighted by molar-refractivity contribution is 0.263. The number of halogens is 1. The number of nitrogens with zero attached hydrogens (tertiary/aromatic N) is 3. The van der Waals surface area contributed by atoms with Crippen molar-refractivity contribution in [2.75, 3.05) is 24.6 Å². The topological polar surface area (TPSA) is 49.2 Å². The van der Waals surface area contributed by atoms with Crippen molar-refractivity contribution in [3.8, 4) is 0 Å². The van der Waals surface area contributed by atoms with Crippen molar-refractivity contribution in [1.29, 1.82) is 0 Å². The van der Waals surface area contributed by atoms with E-state index in [1.807, 2.05) is 0 Å². The van der Waals surface area contributed by atoms with Gasteiger partial charge in [0.05, 0.1) is 5.39 Å². The Morgan fingerprint density at radius 1 is 1.50 bits per heavy atom. The van der Waals surface area contributed by atoms with Crippen LogP contribution in [0.1, 0.15) is 24.6 Å². The minimum absolute atomic E-state index is 0.261. The van der Waals surface area contributed by atoms with Gasteiger partial charge in [-0.1, -0.05) is 6.92 Å². The molecule has 1 atom stereocenters. The molecular weight excluding hydrogens is 294 g/mol. The lowest BCUT2D eigenvalue weighted by Crippen LogP contribution is -2.21. The van der Waals surface area contributed by atoms with Crippen LogP contribution in [-0.2, 0) is 6.42 Å². The van der Waals surface area contributed by atoms with Crippen LogP contribution in [0.15, 0.2) is 6.07 Å². The second-order valence-electron chi connectivity index (χ2n) is 5.21. The number of thiophene rings is 1. The van der Waals surface area contributed by atoms with Gasteiger partial charge in [0.15, 0.2) is 0 Å². The average Bonchev–Trinajstić information content (AvgIpc) is 3.04. The van der Waals surface area contributed by atoms with E-state index in [2.05, 4.69) is 27.9 Å². The largest absolute Gasteiger partial charge is 0.396 e. The van der Waals surface area contributed by atoms with Gasteiger partial charge in [0.25, 0.3) is 0 Å². The van der Waals surface area contributed by atoms with Crippen molar-refractivity contribution in [2.24, 2.45) is 5.92 Å². The molecule has 3 heterocycles. The zero-order chi connectivity index (χ0) is 14.1. The second kappa shape index (κ2) is 5.84. The molecule has 0 bridgehead atoms. The highest BCUT2D eigenvalue weighted by Crippen LogP contribution is 2.34. The van der Waals surface area contributed by atoms with E-state index in [9.17, 15) is 0 Å². The molecule has 0 radical (unpaired) electrons. The average molecular weight is 312 g/mol. The van der Waals surface area contributed by atoms with Gasteiger partial charge in [-0.3, -0.25) is 0 Å².